The van der Waals surface area contributed by atoms with E-state index in [1.54, 1.807) is 35.2 Å². The zero-order valence-corrected chi connectivity index (χ0v) is 18.3. The maximum atomic E-state index is 12.6. The summed E-state index contributed by atoms with van der Waals surface area (Å²) in [5.74, 6) is -0.271. The van der Waals surface area contributed by atoms with Gasteiger partial charge in [-0.05, 0) is 42.5 Å². The van der Waals surface area contributed by atoms with Crippen molar-refractivity contribution in [1.82, 2.24) is 14.7 Å². The zero-order chi connectivity index (χ0) is 21.4. The average molecular weight is 463 g/mol. The molecule has 0 saturated carbocycles. The number of anilines is 2. The highest BCUT2D eigenvalue weighted by Gasteiger charge is 2.16. The Labute approximate surface area is 178 Å². The quantitative estimate of drug-likeness (QED) is 0.433. The van der Waals surface area contributed by atoms with Gasteiger partial charge < -0.3 is 5.32 Å². The summed E-state index contributed by atoms with van der Waals surface area (Å²) in [5, 5.41) is 3.93. The van der Waals surface area contributed by atoms with E-state index in [4.69, 9.17) is 0 Å². The number of fused-ring (bicyclic) bond motifs is 2. The number of nitrogens with zero attached hydrogens (tertiary/aromatic N) is 2. The van der Waals surface area contributed by atoms with Gasteiger partial charge in [-0.1, -0.05) is 0 Å². The predicted molar refractivity (Wildman–Crippen MR) is 120 cm³/mol. The normalized spacial score (nSPS) is 12.4. The van der Waals surface area contributed by atoms with E-state index in [1.807, 2.05) is 18.2 Å². The lowest BCUT2D eigenvalue weighted by molar-refractivity contribution is 0.582. The van der Waals surface area contributed by atoms with Crippen molar-refractivity contribution in [1.29, 1.82) is 0 Å². The molecule has 0 amide bonds. The maximum Gasteiger partial charge on any atom is 0.240 e. The van der Waals surface area contributed by atoms with Crippen LogP contribution in [0.15, 0.2) is 59.1 Å². The van der Waals surface area contributed by atoms with Crippen LogP contribution in [0.1, 0.15) is 0 Å². The Morgan fingerprint density at radius 1 is 0.967 bits per heavy atom. The van der Waals surface area contributed by atoms with Crippen molar-refractivity contribution < 1.29 is 16.8 Å². The number of aromatic nitrogens is 2. The molecule has 0 saturated heterocycles. The van der Waals surface area contributed by atoms with E-state index in [2.05, 4.69) is 20.0 Å². The summed E-state index contributed by atoms with van der Waals surface area (Å²) >= 11 is 1.56. The third-order valence-electron chi connectivity index (χ3n) is 4.40. The number of sulfone groups is 1. The SMILES string of the molecule is CS(=O)(=O)CCNS(=O)(=O)c1ccc2nccc(Nc3ccc4scnc4c3)c2c1. The molecule has 30 heavy (non-hydrogen) atoms. The lowest BCUT2D eigenvalue weighted by Gasteiger charge is -2.12. The molecule has 2 aromatic heterocycles. The van der Waals surface area contributed by atoms with E-state index >= 15 is 0 Å². The minimum Gasteiger partial charge on any atom is -0.355 e. The van der Waals surface area contributed by atoms with Crippen LogP contribution in [0.2, 0.25) is 0 Å². The average Bonchev–Trinajstić information content (AvgIpc) is 3.14. The van der Waals surface area contributed by atoms with Crippen molar-refractivity contribution >= 4 is 63.7 Å². The van der Waals surface area contributed by atoms with Gasteiger partial charge in [0.05, 0.1) is 31.9 Å². The number of hydrogen-bond acceptors (Lipinski definition) is 8. The number of hydrogen-bond donors (Lipinski definition) is 2. The lowest BCUT2D eigenvalue weighted by Crippen LogP contribution is -2.28. The van der Waals surface area contributed by atoms with E-state index in [-0.39, 0.29) is 17.2 Å². The molecule has 11 heteroatoms. The minimum atomic E-state index is -3.86. The Morgan fingerprint density at radius 2 is 1.80 bits per heavy atom. The van der Waals surface area contributed by atoms with Crippen molar-refractivity contribution in [2.45, 2.75) is 4.90 Å². The third-order valence-corrected chi connectivity index (χ3v) is 7.61. The monoisotopic (exact) mass is 462 g/mol. The van der Waals surface area contributed by atoms with E-state index in [0.717, 1.165) is 22.2 Å². The summed E-state index contributed by atoms with van der Waals surface area (Å²) < 4.78 is 51.1. The van der Waals surface area contributed by atoms with Gasteiger partial charge in [-0.2, -0.15) is 0 Å². The van der Waals surface area contributed by atoms with E-state index < -0.39 is 19.9 Å². The Kier molecular flexibility index (Phi) is 5.45. The molecule has 0 fully saturated rings. The largest absolute Gasteiger partial charge is 0.355 e. The molecule has 0 radical (unpaired) electrons. The van der Waals surface area contributed by atoms with Gasteiger partial charge in [0.2, 0.25) is 10.0 Å². The van der Waals surface area contributed by atoms with Crippen LogP contribution in [0.3, 0.4) is 0 Å². The molecule has 8 nitrogen and oxygen atoms in total. The molecule has 2 aromatic carbocycles. The summed E-state index contributed by atoms with van der Waals surface area (Å²) in [4.78, 5) is 8.65. The lowest BCUT2D eigenvalue weighted by atomic mass is 10.2. The van der Waals surface area contributed by atoms with Crippen LogP contribution >= 0.6 is 11.3 Å². The highest BCUT2D eigenvalue weighted by atomic mass is 32.2. The Balaban J connectivity index is 1.66. The molecule has 0 atom stereocenters. The minimum absolute atomic E-state index is 0.0366. The van der Waals surface area contributed by atoms with Gasteiger partial charge in [0.1, 0.15) is 9.84 Å². The molecular weight excluding hydrogens is 444 g/mol. The van der Waals surface area contributed by atoms with Crippen molar-refractivity contribution in [2.24, 2.45) is 0 Å². The number of pyridine rings is 1. The number of thiazole rings is 1. The van der Waals surface area contributed by atoms with Crippen LogP contribution in [-0.4, -0.2) is 45.4 Å². The molecule has 4 rings (SSSR count). The first-order valence-electron chi connectivity index (χ1n) is 8.88. The Hall–Kier alpha value is -2.60. The molecule has 156 valence electrons. The summed E-state index contributed by atoms with van der Waals surface area (Å²) in [6.07, 6.45) is 2.70. The molecule has 4 aromatic rings. The first-order valence-corrected chi connectivity index (χ1v) is 13.3. The van der Waals surface area contributed by atoms with E-state index in [9.17, 15) is 16.8 Å². The highest BCUT2D eigenvalue weighted by Crippen LogP contribution is 2.29. The van der Waals surface area contributed by atoms with Crippen LogP contribution in [0.5, 0.6) is 0 Å². The standard InChI is InChI=1S/C19H18N4O4S3/c1-29(24,25)9-8-22-30(26,27)14-3-4-16-15(11-14)17(6-7-20-16)23-13-2-5-19-18(10-13)21-12-28-19/h2-7,10-12,22H,8-9H2,1H3,(H,20,23). The Morgan fingerprint density at radius 3 is 2.60 bits per heavy atom. The van der Waals surface area contributed by atoms with Gasteiger partial charge in [-0.3, -0.25) is 4.98 Å². The van der Waals surface area contributed by atoms with Crippen molar-refractivity contribution in [3.8, 4) is 0 Å². The van der Waals surface area contributed by atoms with Crippen molar-refractivity contribution in [3.05, 3.63) is 54.2 Å². The third kappa shape index (κ3) is 4.59. The van der Waals surface area contributed by atoms with Gasteiger partial charge in [0.25, 0.3) is 0 Å². The molecule has 0 bridgehead atoms. The van der Waals surface area contributed by atoms with Gasteiger partial charge in [-0.15, -0.1) is 11.3 Å². The molecule has 0 aliphatic heterocycles. The molecule has 0 spiro atoms. The smallest absolute Gasteiger partial charge is 0.240 e. The van der Waals surface area contributed by atoms with E-state index in [1.165, 1.54) is 12.1 Å². The predicted octanol–water partition coefficient (Wildman–Crippen LogP) is 2.91. The molecule has 2 N–H and O–H groups in total. The van der Waals surface area contributed by atoms with Gasteiger partial charge in [-0.25, -0.2) is 26.5 Å². The molecule has 0 unspecified atom stereocenters. The fourth-order valence-corrected chi connectivity index (χ4v) is 5.26. The van der Waals surface area contributed by atoms with Gasteiger partial charge in [0.15, 0.2) is 0 Å². The van der Waals surface area contributed by atoms with Crippen molar-refractivity contribution in [3.63, 3.8) is 0 Å². The van der Waals surface area contributed by atoms with E-state index in [0.29, 0.717) is 16.6 Å². The fraction of sp³-hybridized carbons (Fsp3) is 0.158. The first-order chi connectivity index (χ1) is 14.2. The van der Waals surface area contributed by atoms with Crippen LogP contribution in [0.4, 0.5) is 11.4 Å². The maximum absolute atomic E-state index is 12.6. The zero-order valence-electron chi connectivity index (χ0n) is 15.9. The molecule has 0 aliphatic carbocycles. The number of benzene rings is 2. The molecule has 0 aliphatic rings. The number of sulfonamides is 1. The van der Waals surface area contributed by atoms with Crippen LogP contribution in [0.25, 0.3) is 21.1 Å². The number of nitrogens with one attached hydrogen (secondary N) is 2. The summed E-state index contributed by atoms with van der Waals surface area (Å²) in [6, 6.07) is 12.2. The first kappa shape index (κ1) is 20.7. The van der Waals surface area contributed by atoms with Gasteiger partial charge >= 0.3 is 0 Å². The molecule has 2 heterocycles. The molecular formula is C19H18N4O4S3. The summed E-state index contributed by atoms with van der Waals surface area (Å²) in [7, 11) is -7.13. The second kappa shape index (κ2) is 7.91. The highest BCUT2D eigenvalue weighted by molar-refractivity contribution is 7.91. The summed E-state index contributed by atoms with van der Waals surface area (Å²) in [5.41, 5.74) is 4.80. The van der Waals surface area contributed by atoms with Crippen LogP contribution < -0.4 is 10.0 Å². The topological polar surface area (TPSA) is 118 Å². The second-order valence-electron chi connectivity index (χ2n) is 6.72. The van der Waals surface area contributed by atoms with Crippen molar-refractivity contribution in [2.75, 3.05) is 23.9 Å². The van der Waals surface area contributed by atoms with Crippen LogP contribution in [0, 0.1) is 0 Å². The van der Waals surface area contributed by atoms with Crippen LogP contribution in [-0.2, 0) is 19.9 Å². The second-order valence-corrected chi connectivity index (χ2v) is 11.6. The van der Waals surface area contributed by atoms with Gasteiger partial charge in [0, 0.05) is 35.8 Å². The number of rotatable bonds is 7. The Bertz CT molecular complexity index is 1450. The summed E-state index contributed by atoms with van der Waals surface area (Å²) in [6.45, 7) is -0.189. The fourth-order valence-electron chi connectivity index (χ4n) is 2.94.